The maximum Gasteiger partial charge on any atom is 0.347 e. The Labute approximate surface area is 107 Å². The van der Waals surface area contributed by atoms with Gasteiger partial charge in [-0.25, -0.2) is 4.79 Å². The molecule has 0 saturated carbocycles. The Hall–Kier alpha value is -1.36. The normalized spacial score (nSPS) is 15.3. The van der Waals surface area contributed by atoms with Crippen LogP contribution in [0.25, 0.3) is 0 Å². The summed E-state index contributed by atoms with van der Waals surface area (Å²) in [6.45, 7) is 9.14. The van der Waals surface area contributed by atoms with Gasteiger partial charge in [-0.05, 0) is 11.8 Å². The van der Waals surface area contributed by atoms with E-state index in [1.54, 1.807) is 0 Å². The first-order valence-corrected chi connectivity index (χ1v) is 6.52. The van der Waals surface area contributed by atoms with Crippen molar-refractivity contribution in [2.75, 3.05) is 18.4 Å². The zero-order chi connectivity index (χ0) is 13.2. The fourth-order valence-electron chi connectivity index (χ4n) is 2.08. The summed E-state index contributed by atoms with van der Waals surface area (Å²) in [7, 11) is 0. The Kier molecular flexibility index (Phi) is 3.71. The fourth-order valence-corrected chi connectivity index (χ4v) is 2.08. The van der Waals surface area contributed by atoms with E-state index in [0.717, 1.165) is 49.6 Å². The molecule has 0 bridgehead atoms. The Morgan fingerprint density at radius 2 is 2.17 bits per heavy atom. The van der Waals surface area contributed by atoms with Crippen LogP contribution in [0.5, 0.6) is 0 Å². The molecule has 2 heterocycles. The van der Waals surface area contributed by atoms with Gasteiger partial charge in [0.05, 0.1) is 0 Å². The molecular weight excluding hydrogens is 228 g/mol. The molecular formula is C13H22N4O. The molecule has 0 amide bonds. The lowest BCUT2D eigenvalue weighted by Crippen LogP contribution is -2.30. The van der Waals surface area contributed by atoms with Crippen molar-refractivity contribution in [1.82, 2.24) is 15.3 Å². The molecule has 0 aromatic carbocycles. The largest absolute Gasteiger partial charge is 0.370 e. The van der Waals surface area contributed by atoms with Gasteiger partial charge in [0.25, 0.3) is 0 Å². The number of nitrogens with one attached hydrogen (secondary N) is 3. The Balaban J connectivity index is 2.12. The summed E-state index contributed by atoms with van der Waals surface area (Å²) in [6.07, 6.45) is 1.91. The fraction of sp³-hybridized carbons (Fsp3) is 0.692. The Morgan fingerprint density at radius 1 is 1.39 bits per heavy atom. The lowest BCUT2D eigenvalue weighted by molar-refractivity contribution is 0.389. The molecule has 0 radical (unpaired) electrons. The number of fused-ring (bicyclic) bond motifs is 1. The highest BCUT2D eigenvalue weighted by atomic mass is 16.1. The van der Waals surface area contributed by atoms with Gasteiger partial charge in [-0.3, -0.25) is 0 Å². The second-order valence-electron chi connectivity index (χ2n) is 6.01. The molecule has 0 spiro atoms. The van der Waals surface area contributed by atoms with Gasteiger partial charge >= 0.3 is 5.69 Å². The van der Waals surface area contributed by atoms with E-state index in [-0.39, 0.29) is 11.1 Å². The summed E-state index contributed by atoms with van der Waals surface area (Å²) in [5.74, 6) is 0.741. The highest BCUT2D eigenvalue weighted by molar-refractivity contribution is 5.46. The van der Waals surface area contributed by atoms with E-state index < -0.39 is 0 Å². The number of nitrogens with zero attached hydrogens (tertiary/aromatic N) is 1. The minimum absolute atomic E-state index is 0.256. The number of aromatic amines is 1. The van der Waals surface area contributed by atoms with E-state index in [4.69, 9.17) is 0 Å². The second kappa shape index (κ2) is 5.10. The number of anilines is 1. The van der Waals surface area contributed by atoms with Gasteiger partial charge in [-0.2, -0.15) is 4.98 Å². The molecule has 1 aromatic rings. The number of aromatic nitrogens is 2. The monoisotopic (exact) mass is 250 g/mol. The lowest BCUT2D eigenvalue weighted by atomic mass is 9.92. The number of hydrogen-bond acceptors (Lipinski definition) is 4. The van der Waals surface area contributed by atoms with Gasteiger partial charge in [0.1, 0.15) is 5.82 Å². The molecule has 0 aliphatic carbocycles. The van der Waals surface area contributed by atoms with E-state index >= 15 is 0 Å². The topological polar surface area (TPSA) is 69.8 Å². The average Bonchev–Trinajstić information content (AvgIpc) is 2.27. The van der Waals surface area contributed by atoms with Crippen molar-refractivity contribution in [2.24, 2.45) is 5.41 Å². The van der Waals surface area contributed by atoms with Gasteiger partial charge < -0.3 is 15.6 Å². The summed E-state index contributed by atoms with van der Waals surface area (Å²) < 4.78 is 0. The molecule has 18 heavy (non-hydrogen) atoms. The summed E-state index contributed by atoms with van der Waals surface area (Å²) in [5.41, 5.74) is 2.16. The van der Waals surface area contributed by atoms with E-state index in [1.165, 1.54) is 0 Å². The summed E-state index contributed by atoms with van der Waals surface area (Å²) in [5, 5.41) is 6.60. The Morgan fingerprint density at radius 3 is 2.89 bits per heavy atom. The molecule has 5 heteroatoms. The summed E-state index contributed by atoms with van der Waals surface area (Å²) in [4.78, 5) is 18.4. The van der Waals surface area contributed by atoms with Gasteiger partial charge in [0, 0.05) is 37.3 Å². The van der Waals surface area contributed by atoms with Crippen LogP contribution in [0.4, 0.5) is 5.82 Å². The van der Waals surface area contributed by atoms with Gasteiger partial charge in [-0.1, -0.05) is 20.8 Å². The van der Waals surface area contributed by atoms with Crippen LogP contribution in [0.1, 0.15) is 38.4 Å². The maximum absolute atomic E-state index is 11.5. The molecule has 5 nitrogen and oxygen atoms in total. The molecule has 0 unspecified atom stereocenters. The third kappa shape index (κ3) is 3.32. The number of hydrogen-bond donors (Lipinski definition) is 3. The zero-order valence-corrected chi connectivity index (χ0v) is 11.4. The zero-order valence-electron chi connectivity index (χ0n) is 11.4. The van der Waals surface area contributed by atoms with Crippen LogP contribution >= 0.6 is 0 Å². The van der Waals surface area contributed by atoms with Gasteiger partial charge in [0.15, 0.2) is 0 Å². The van der Waals surface area contributed by atoms with E-state index in [0.29, 0.717) is 0 Å². The predicted octanol–water partition coefficient (Wildman–Crippen LogP) is 1.26. The van der Waals surface area contributed by atoms with E-state index in [1.807, 2.05) is 0 Å². The van der Waals surface area contributed by atoms with Crippen molar-refractivity contribution in [3.05, 3.63) is 21.7 Å². The summed E-state index contributed by atoms with van der Waals surface area (Å²) >= 11 is 0. The van der Waals surface area contributed by atoms with Crippen molar-refractivity contribution in [3.63, 3.8) is 0 Å². The second-order valence-corrected chi connectivity index (χ2v) is 6.01. The van der Waals surface area contributed by atoms with Crippen LogP contribution in [0.3, 0.4) is 0 Å². The first-order chi connectivity index (χ1) is 8.46. The SMILES string of the molecule is CC(C)(C)CCNc1nc(=O)[nH]c2c1CNCC2. The molecule has 0 fully saturated rings. The van der Waals surface area contributed by atoms with Crippen molar-refractivity contribution in [2.45, 2.75) is 40.2 Å². The van der Waals surface area contributed by atoms with Gasteiger partial charge in [0.2, 0.25) is 0 Å². The van der Waals surface area contributed by atoms with Crippen molar-refractivity contribution in [1.29, 1.82) is 0 Å². The van der Waals surface area contributed by atoms with Crippen molar-refractivity contribution in [3.8, 4) is 0 Å². The Bertz CT molecular complexity index is 473. The van der Waals surface area contributed by atoms with E-state index in [2.05, 4.69) is 41.4 Å². The van der Waals surface area contributed by atoms with Crippen LogP contribution in [0, 0.1) is 5.41 Å². The first-order valence-electron chi connectivity index (χ1n) is 6.52. The first kappa shape index (κ1) is 13.1. The highest BCUT2D eigenvalue weighted by Crippen LogP contribution is 2.20. The molecule has 1 aromatic heterocycles. The van der Waals surface area contributed by atoms with Crippen LogP contribution in [0.2, 0.25) is 0 Å². The maximum atomic E-state index is 11.5. The lowest BCUT2D eigenvalue weighted by Gasteiger charge is -2.21. The van der Waals surface area contributed by atoms with Gasteiger partial charge in [-0.15, -0.1) is 0 Å². The third-order valence-corrected chi connectivity index (χ3v) is 3.14. The minimum atomic E-state index is -0.256. The van der Waals surface area contributed by atoms with E-state index in [9.17, 15) is 4.79 Å². The smallest absolute Gasteiger partial charge is 0.347 e. The van der Waals surface area contributed by atoms with Crippen LogP contribution in [0.15, 0.2) is 4.79 Å². The predicted molar refractivity (Wildman–Crippen MR) is 72.8 cm³/mol. The van der Waals surface area contributed by atoms with Crippen LogP contribution in [-0.4, -0.2) is 23.1 Å². The molecule has 0 atom stereocenters. The molecule has 3 N–H and O–H groups in total. The van der Waals surface area contributed by atoms with Crippen LogP contribution in [-0.2, 0) is 13.0 Å². The summed E-state index contributed by atoms with van der Waals surface area (Å²) in [6, 6.07) is 0. The molecule has 1 aliphatic rings. The number of rotatable bonds is 3. The standard InChI is InChI=1S/C13H22N4O/c1-13(2,3)5-7-15-11-9-8-14-6-4-10(9)16-12(18)17-11/h14H,4-8H2,1-3H3,(H2,15,16,17,18). The number of H-pyrrole nitrogens is 1. The third-order valence-electron chi connectivity index (χ3n) is 3.14. The molecule has 1 aliphatic heterocycles. The van der Waals surface area contributed by atoms with Crippen molar-refractivity contribution < 1.29 is 0 Å². The van der Waals surface area contributed by atoms with Crippen LogP contribution < -0.4 is 16.3 Å². The molecule has 0 saturated heterocycles. The quantitative estimate of drug-likeness (QED) is 0.755. The van der Waals surface area contributed by atoms with Crippen molar-refractivity contribution >= 4 is 5.82 Å². The molecule has 100 valence electrons. The highest BCUT2D eigenvalue weighted by Gasteiger charge is 2.16. The minimum Gasteiger partial charge on any atom is -0.370 e. The average molecular weight is 250 g/mol. The molecule has 2 rings (SSSR count).